The van der Waals surface area contributed by atoms with Gasteiger partial charge in [0.1, 0.15) is 6.33 Å². The van der Waals surface area contributed by atoms with E-state index in [1.807, 2.05) is 19.1 Å². The lowest BCUT2D eigenvalue weighted by molar-refractivity contribution is -0.143. The lowest BCUT2D eigenvalue weighted by atomic mass is 10.0. The Morgan fingerprint density at radius 3 is 2.97 bits per heavy atom. The number of rotatable bonds is 6. The highest BCUT2D eigenvalue weighted by molar-refractivity contribution is 6.31. The van der Waals surface area contributed by atoms with Crippen molar-refractivity contribution >= 4 is 28.5 Å². The van der Waals surface area contributed by atoms with E-state index in [2.05, 4.69) is 38.6 Å². The molecule has 0 bridgehead atoms. The number of ether oxygens (including phenoxy) is 1. The smallest absolute Gasteiger partial charge is 0.306 e. The Morgan fingerprint density at radius 1 is 1.34 bits per heavy atom. The summed E-state index contributed by atoms with van der Waals surface area (Å²) in [7, 11) is 2.14. The summed E-state index contributed by atoms with van der Waals surface area (Å²) in [6.45, 7) is 4.75. The molecule has 0 spiro atoms. The zero-order chi connectivity index (χ0) is 20.4. The number of nitrogens with zero attached hydrogens (tertiary/aromatic N) is 4. The Balaban J connectivity index is 1.77. The van der Waals surface area contributed by atoms with Gasteiger partial charge < -0.3 is 14.2 Å². The van der Waals surface area contributed by atoms with Crippen molar-refractivity contribution in [2.45, 2.75) is 38.8 Å². The van der Waals surface area contributed by atoms with Gasteiger partial charge in [0.05, 0.1) is 13.0 Å². The molecule has 0 radical (unpaired) electrons. The summed E-state index contributed by atoms with van der Waals surface area (Å²) in [5.74, 6) is -0.304. The van der Waals surface area contributed by atoms with Crippen molar-refractivity contribution in [2.24, 2.45) is 0 Å². The number of likely N-dealkylation sites (N-methyl/N-ethyl adjacent to an activating group) is 1. The summed E-state index contributed by atoms with van der Waals surface area (Å²) in [6.07, 6.45) is 4.52. The fourth-order valence-corrected chi connectivity index (χ4v) is 4.37. The predicted molar refractivity (Wildman–Crippen MR) is 113 cm³/mol. The number of esters is 1. The second-order valence-electron chi connectivity index (χ2n) is 7.53. The van der Waals surface area contributed by atoms with Gasteiger partial charge >= 0.3 is 5.97 Å². The lowest BCUT2D eigenvalue weighted by Crippen LogP contribution is -2.28. The van der Waals surface area contributed by atoms with Crippen molar-refractivity contribution in [1.82, 2.24) is 19.4 Å². The van der Waals surface area contributed by atoms with Gasteiger partial charge in [-0.2, -0.15) is 0 Å². The molecule has 1 aliphatic rings. The van der Waals surface area contributed by atoms with Crippen molar-refractivity contribution in [2.75, 3.05) is 20.2 Å². The monoisotopic (exact) mass is 412 g/mol. The molecule has 0 saturated carbocycles. The number of halogens is 1. The van der Waals surface area contributed by atoms with E-state index in [9.17, 15) is 4.79 Å². The standard InChI is InChI=1S/C22H25ClN4O2/c1-3-29-22(28)10-15(19-6-8-24-14-25-19)12-27-20-5-4-16(23)11-18(20)17-7-9-26(2)13-21(17)27/h4-6,8,11,14-15H,3,7,9-10,12-13H2,1-2H3. The Labute approximate surface area is 175 Å². The number of hydrogen-bond acceptors (Lipinski definition) is 5. The van der Waals surface area contributed by atoms with Crippen molar-refractivity contribution in [3.8, 4) is 0 Å². The fourth-order valence-electron chi connectivity index (χ4n) is 4.20. The lowest BCUT2D eigenvalue weighted by Gasteiger charge is -2.26. The summed E-state index contributed by atoms with van der Waals surface area (Å²) in [4.78, 5) is 23.1. The third-order valence-corrected chi connectivity index (χ3v) is 5.79. The molecule has 0 fully saturated rings. The fraction of sp³-hybridized carbons (Fsp3) is 0.409. The van der Waals surface area contributed by atoms with E-state index in [-0.39, 0.29) is 18.3 Å². The maximum absolute atomic E-state index is 12.3. The molecule has 0 amide bonds. The van der Waals surface area contributed by atoms with Crippen LogP contribution in [0.5, 0.6) is 0 Å². The number of carbonyl (C=O) groups excluding carboxylic acids is 1. The first-order valence-electron chi connectivity index (χ1n) is 9.96. The molecule has 1 aliphatic heterocycles. The zero-order valence-electron chi connectivity index (χ0n) is 16.8. The topological polar surface area (TPSA) is 60.2 Å². The van der Waals surface area contributed by atoms with Crippen LogP contribution in [-0.2, 0) is 29.0 Å². The molecular formula is C22H25ClN4O2. The van der Waals surface area contributed by atoms with Crippen LogP contribution in [0.25, 0.3) is 10.9 Å². The highest BCUT2D eigenvalue weighted by Crippen LogP contribution is 2.34. The number of aromatic nitrogens is 3. The summed E-state index contributed by atoms with van der Waals surface area (Å²) >= 11 is 6.31. The minimum absolute atomic E-state index is 0.0975. The van der Waals surface area contributed by atoms with Crippen LogP contribution in [0.1, 0.15) is 36.2 Å². The molecule has 0 aliphatic carbocycles. The average Bonchev–Trinajstić information content (AvgIpc) is 3.00. The molecule has 7 heteroatoms. The molecule has 1 aromatic carbocycles. The molecule has 6 nitrogen and oxygen atoms in total. The molecule has 3 aromatic rings. The number of fused-ring (bicyclic) bond motifs is 3. The second kappa shape index (κ2) is 8.51. The van der Waals surface area contributed by atoms with Gasteiger partial charge in [-0.15, -0.1) is 0 Å². The molecule has 3 heterocycles. The SMILES string of the molecule is CCOC(=O)CC(Cn1c2c(c3cc(Cl)ccc31)CCN(C)C2)c1ccncn1. The summed E-state index contributed by atoms with van der Waals surface area (Å²) in [6, 6.07) is 7.95. The van der Waals surface area contributed by atoms with Crippen LogP contribution in [-0.4, -0.2) is 45.6 Å². The van der Waals surface area contributed by atoms with Crippen molar-refractivity contribution in [3.63, 3.8) is 0 Å². The predicted octanol–water partition coefficient (Wildman–Crippen LogP) is 3.81. The Hall–Kier alpha value is -2.44. The zero-order valence-corrected chi connectivity index (χ0v) is 17.5. The van der Waals surface area contributed by atoms with Crippen LogP contribution < -0.4 is 0 Å². The largest absolute Gasteiger partial charge is 0.466 e. The van der Waals surface area contributed by atoms with E-state index in [0.29, 0.717) is 13.2 Å². The molecule has 4 rings (SSSR count). The van der Waals surface area contributed by atoms with E-state index in [1.54, 1.807) is 6.20 Å². The maximum Gasteiger partial charge on any atom is 0.306 e. The summed E-state index contributed by atoms with van der Waals surface area (Å²) in [5.41, 5.74) is 4.65. The molecule has 0 N–H and O–H groups in total. The van der Waals surface area contributed by atoms with Crippen LogP contribution in [0, 0.1) is 0 Å². The number of carbonyl (C=O) groups is 1. The van der Waals surface area contributed by atoms with Crippen LogP contribution in [0.3, 0.4) is 0 Å². The third kappa shape index (κ3) is 4.14. The summed E-state index contributed by atoms with van der Waals surface area (Å²) < 4.78 is 7.56. The molecule has 1 unspecified atom stereocenters. The Bertz CT molecular complexity index is 1020. The van der Waals surface area contributed by atoms with Crippen LogP contribution in [0.15, 0.2) is 36.8 Å². The molecule has 0 saturated heterocycles. The molecular weight excluding hydrogens is 388 g/mol. The van der Waals surface area contributed by atoms with E-state index < -0.39 is 0 Å². The first-order valence-corrected chi connectivity index (χ1v) is 10.3. The third-order valence-electron chi connectivity index (χ3n) is 5.56. The normalized spacial score (nSPS) is 15.3. The van der Waals surface area contributed by atoms with Gasteiger partial charge in [0.15, 0.2) is 0 Å². The van der Waals surface area contributed by atoms with Gasteiger partial charge in [-0.25, -0.2) is 9.97 Å². The minimum Gasteiger partial charge on any atom is -0.466 e. The number of benzene rings is 1. The first kappa shape index (κ1) is 19.9. The van der Waals surface area contributed by atoms with E-state index in [1.165, 1.54) is 23.0 Å². The van der Waals surface area contributed by atoms with Crippen LogP contribution >= 0.6 is 11.6 Å². The molecule has 152 valence electrons. The van der Waals surface area contributed by atoms with Crippen molar-refractivity contribution < 1.29 is 9.53 Å². The van der Waals surface area contributed by atoms with Gasteiger partial charge in [-0.1, -0.05) is 11.6 Å². The van der Waals surface area contributed by atoms with Gasteiger partial charge in [-0.05, 0) is 50.2 Å². The first-order chi connectivity index (χ1) is 14.1. The van der Waals surface area contributed by atoms with Gasteiger partial charge in [-0.3, -0.25) is 4.79 Å². The van der Waals surface area contributed by atoms with E-state index >= 15 is 0 Å². The molecule has 29 heavy (non-hydrogen) atoms. The minimum atomic E-state index is -0.207. The van der Waals surface area contributed by atoms with E-state index in [4.69, 9.17) is 16.3 Å². The molecule has 1 atom stereocenters. The van der Waals surface area contributed by atoms with Crippen LogP contribution in [0.4, 0.5) is 0 Å². The number of hydrogen-bond donors (Lipinski definition) is 0. The van der Waals surface area contributed by atoms with Gasteiger partial charge in [0.25, 0.3) is 0 Å². The van der Waals surface area contributed by atoms with Gasteiger partial charge in [0, 0.05) is 59.1 Å². The van der Waals surface area contributed by atoms with Crippen molar-refractivity contribution in [1.29, 1.82) is 0 Å². The summed E-state index contributed by atoms with van der Waals surface area (Å²) in [5, 5.41) is 1.95. The van der Waals surface area contributed by atoms with Gasteiger partial charge in [0.2, 0.25) is 0 Å². The Morgan fingerprint density at radius 2 is 2.21 bits per heavy atom. The maximum atomic E-state index is 12.3. The molecule has 2 aromatic heterocycles. The second-order valence-corrected chi connectivity index (χ2v) is 7.96. The highest BCUT2D eigenvalue weighted by Gasteiger charge is 2.26. The quantitative estimate of drug-likeness (QED) is 0.576. The van der Waals surface area contributed by atoms with Crippen LogP contribution in [0.2, 0.25) is 5.02 Å². The van der Waals surface area contributed by atoms with Crippen molar-refractivity contribution in [3.05, 3.63) is 58.8 Å². The highest BCUT2D eigenvalue weighted by atomic mass is 35.5. The van der Waals surface area contributed by atoms with E-state index in [0.717, 1.165) is 35.7 Å². The average molecular weight is 413 g/mol. The Kier molecular flexibility index (Phi) is 5.83.